The Kier molecular flexibility index (Phi) is 5.09. The van der Waals surface area contributed by atoms with E-state index in [9.17, 15) is 4.79 Å². The fourth-order valence-corrected chi connectivity index (χ4v) is 2.31. The first-order valence-electron chi connectivity index (χ1n) is 6.30. The van der Waals surface area contributed by atoms with Crippen LogP contribution in [0.4, 0.5) is 17.1 Å². The Balaban J connectivity index is 2.39. The topological polar surface area (TPSA) is 64.3 Å². The lowest BCUT2D eigenvalue weighted by Crippen LogP contribution is -2.08. The van der Waals surface area contributed by atoms with Crippen molar-refractivity contribution >= 4 is 50.6 Å². The molecule has 0 aliphatic rings. The van der Waals surface area contributed by atoms with Crippen molar-refractivity contribution in [3.05, 3.63) is 51.5 Å². The lowest BCUT2D eigenvalue weighted by atomic mass is 10.1. The van der Waals surface area contributed by atoms with Crippen LogP contribution in [0.3, 0.4) is 0 Å². The molecule has 2 aromatic carbocycles. The Morgan fingerprint density at radius 1 is 1.29 bits per heavy atom. The summed E-state index contributed by atoms with van der Waals surface area (Å²) in [6.45, 7) is 2.05. The number of benzene rings is 2. The highest BCUT2D eigenvalue weighted by Crippen LogP contribution is 2.31. The van der Waals surface area contributed by atoms with Crippen LogP contribution in [-0.2, 0) is 4.74 Å². The summed E-state index contributed by atoms with van der Waals surface area (Å²) in [5, 5.41) is 3.68. The van der Waals surface area contributed by atoms with Crippen LogP contribution in [0.25, 0.3) is 0 Å². The minimum absolute atomic E-state index is 0.296. The summed E-state index contributed by atoms with van der Waals surface area (Å²) < 4.78 is 5.92. The van der Waals surface area contributed by atoms with Crippen molar-refractivity contribution < 1.29 is 9.53 Å². The fraction of sp³-hybridized carbons (Fsp3) is 0.133. The van der Waals surface area contributed by atoms with Gasteiger partial charge in [0.2, 0.25) is 0 Å². The Morgan fingerprint density at radius 2 is 2.05 bits per heavy atom. The standard InChI is InChI=1S/C15H14BrClN2O2/c1-2-21-15(20)11-8-10(18)4-6-13(11)19-14-7-9(16)3-5-12(14)17/h3-8,19H,2,18H2,1H3. The summed E-state index contributed by atoms with van der Waals surface area (Å²) in [6.07, 6.45) is 0. The Morgan fingerprint density at radius 3 is 2.76 bits per heavy atom. The highest BCUT2D eigenvalue weighted by molar-refractivity contribution is 9.10. The smallest absolute Gasteiger partial charge is 0.340 e. The second-order valence-corrected chi connectivity index (χ2v) is 5.60. The molecule has 6 heteroatoms. The first kappa shape index (κ1) is 15.7. The van der Waals surface area contributed by atoms with Crippen molar-refractivity contribution in [1.82, 2.24) is 0 Å². The van der Waals surface area contributed by atoms with E-state index < -0.39 is 5.97 Å². The molecule has 3 N–H and O–H groups in total. The van der Waals surface area contributed by atoms with Crippen molar-refractivity contribution in [2.75, 3.05) is 17.7 Å². The van der Waals surface area contributed by atoms with Gasteiger partial charge in [-0.1, -0.05) is 27.5 Å². The van der Waals surface area contributed by atoms with Gasteiger partial charge in [0.25, 0.3) is 0 Å². The average Bonchev–Trinajstić information content (AvgIpc) is 2.45. The quantitative estimate of drug-likeness (QED) is 0.610. The van der Waals surface area contributed by atoms with Gasteiger partial charge in [-0.2, -0.15) is 0 Å². The third kappa shape index (κ3) is 3.89. The number of esters is 1. The molecule has 2 aromatic rings. The normalized spacial score (nSPS) is 10.2. The van der Waals surface area contributed by atoms with Crippen molar-refractivity contribution in [2.45, 2.75) is 6.92 Å². The van der Waals surface area contributed by atoms with Crippen molar-refractivity contribution in [3.63, 3.8) is 0 Å². The molecule has 0 aliphatic carbocycles. The lowest BCUT2D eigenvalue weighted by molar-refractivity contribution is 0.0527. The third-order valence-electron chi connectivity index (χ3n) is 2.74. The molecule has 0 spiro atoms. The number of nitrogens with two attached hydrogens (primary N) is 1. The van der Waals surface area contributed by atoms with Crippen LogP contribution < -0.4 is 11.1 Å². The van der Waals surface area contributed by atoms with E-state index in [-0.39, 0.29) is 0 Å². The van der Waals surface area contributed by atoms with Crippen LogP contribution in [0, 0.1) is 0 Å². The van der Waals surface area contributed by atoms with Gasteiger partial charge in [-0.15, -0.1) is 0 Å². The first-order chi connectivity index (χ1) is 10.0. The number of ether oxygens (including phenoxy) is 1. The SMILES string of the molecule is CCOC(=O)c1cc(N)ccc1Nc1cc(Br)ccc1Cl. The molecule has 0 bridgehead atoms. The largest absolute Gasteiger partial charge is 0.462 e. The van der Waals surface area contributed by atoms with Gasteiger partial charge < -0.3 is 15.8 Å². The van der Waals surface area contributed by atoms with E-state index in [4.69, 9.17) is 22.1 Å². The molecule has 0 saturated heterocycles. The molecule has 0 radical (unpaired) electrons. The molecule has 4 nitrogen and oxygen atoms in total. The van der Waals surface area contributed by atoms with Gasteiger partial charge in [0.15, 0.2) is 0 Å². The first-order valence-corrected chi connectivity index (χ1v) is 7.47. The fourth-order valence-electron chi connectivity index (χ4n) is 1.79. The van der Waals surface area contributed by atoms with E-state index in [2.05, 4.69) is 21.2 Å². The van der Waals surface area contributed by atoms with E-state index in [1.807, 2.05) is 12.1 Å². The number of anilines is 3. The minimum Gasteiger partial charge on any atom is -0.462 e. The number of carbonyl (C=O) groups excluding carboxylic acids is 1. The van der Waals surface area contributed by atoms with Crippen LogP contribution in [0.2, 0.25) is 5.02 Å². The van der Waals surface area contributed by atoms with Crippen molar-refractivity contribution in [1.29, 1.82) is 0 Å². The molecule has 0 fully saturated rings. The molecular weight excluding hydrogens is 356 g/mol. The van der Waals surface area contributed by atoms with Crippen LogP contribution in [-0.4, -0.2) is 12.6 Å². The van der Waals surface area contributed by atoms with Gasteiger partial charge in [-0.25, -0.2) is 4.79 Å². The van der Waals surface area contributed by atoms with Gasteiger partial charge in [0.1, 0.15) is 0 Å². The number of rotatable bonds is 4. The second-order valence-electron chi connectivity index (χ2n) is 4.27. The molecule has 0 atom stereocenters. The summed E-state index contributed by atoms with van der Waals surface area (Å²) in [5.41, 5.74) is 7.87. The van der Waals surface area contributed by atoms with E-state index in [1.165, 1.54) is 0 Å². The van der Waals surface area contributed by atoms with Crippen molar-refractivity contribution in [2.24, 2.45) is 0 Å². The molecule has 0 amide bonds. The minimum atomic E-state index is -0.432. The van der Waals surface area contributed by atoms with Gasteiger partial charge >= 0.3 is 5.97 Å². The third-order valence-corrected chi connectivity index (χ3v) is 3.56. The van der Waals surface area contributed by atoms with Crippen LogP contribution in [0.15, 0.2) is 40.9 Å². The summed E-state index contributed by atoms with van der Waals surface area (Å²) in [6, 6.07) is 10.4. The predicted molar refractivity (Wildman–Crippen MR) is 89.2 cm³/mol. The highest BCUT2D eigenvalue weighted by atomic mass is 79.9. The maximum absolute atomic E-state index is 12.0. The van der Waals surface area contributed by atoms with Gasteiger partial charge in [-0.05, 0) is 43.3 Å². The molecular formula is C15H14BrClN2O2. The number of carbonyl (C=O) groups is 1. The number of nitrogens with one attached hydrogen (secondary N) is 1. The van der Waals surface area contributed by atoms with E-state index in [1.54, 1.807) is 31.2 Å². The number of hydrogen-bond acceptors (Lipinski definition) is 4. The Hall–Kier alpha value is -1.72. The molecule has 110 valence electrons. The van der Waals surface area contributed by atoms with E-state index >= 15 is 0 Å². The van der Waals surface area contributed by atoms with Gasteiger partial charge in [0.05, 0.1) is 28.6 Å². The van der Waals surface area contributed by atoms with Crippen LogP contribution in [0.5, 0.6) is 0 Å². The summed E-state index contributed by atoms with van der Waals surface area (Å²) in [7, 11) is 0. The van der Waals surface area contributed by atoms with E-state index in [0.717, 1.165) is 4.47 Å². The zero-order valence-electron chi connectivity index (χ0n) is 11.3. The molecule has 0 saturated carbocycles. The number of nitrogen functional groups attached to an aromatic ring is 1. The molecule has 2 rings (SSSR count). The van der Waals surface area contributed by atoms with Crippen LogP contribution in [0.1, 0.15) is 17.3 Å². The van der Waals surface area contributed by atoms with Gasteiger partial charge in [-0.3, -0.25) is 0 Å². The zero-order chi connectivity index (χ0) is 15.4. The maximum Gasteiger partial charge on any atom is 0.340 e. The van der Waals surface area contributed by atoms with Crippen molar-refractivity contribution in [3.8, 4) is 0 Å². The molecule has 0 unspecified atom stereocenters. The molecule has 0 aliphatic heterocycles. The van der Waals surface area contributed by atoms with E-state index in [0.29, 0.717) is 34.3 Å². The molecule has 21 heavy (non-hydrogen) atoms. The summed E-state index contributed by atoms with van der Waals surface area (Å²) >= 11 is 9.53. The number of hydrogen-bond donors (Lipinski definition) is 2. The van der Waals surface area contributed by atoms with Gasteiger partial charge in [0, 0.05) is 10.2 Å². The number of halogens is 2. The lowest BCUT2D eigenvalue weighted by Gasteiger charge is -2.13. The average molecular weight is 370 g/mol. The Labute approximate surface area is 136 Å². The summed E-state index contributed by atoms with van der Waals surface area (Å²) in [4.78, 5) is 12.0. The Bertz CT molecular complexity index is 677. The highest BCUT2D eigenvalue weighted by Gasteiger charge is 2.14. The zero-order valence-corrected chi connectivity index (χ0v) is 13.7. The summed E-state index contributed by atoms with van der Waals surface area (Å²) in [5.74, 6) is -0.432. The van der Waals surface area contributed by atoms with Crippen LogP contribution >= 0.6 is 27.5 Å². The second kappa shape index (κ2) is 6.83. The molecule has 0 heterocycles. The molecule has 0 aromatic heterocycles. The predicted octanol–water partition coefficient (Wildman–Crippen LogP) is 4.61. The maximum atomic E-state index is 12.0. The monoisotopic (exact) mass is 368 g/mol.